The maximum absolute atomic E-state index is 12.0. The molecule has 0 radical (unpaired) electrons. The topological polar surface area (TPSA) is 72.5 Å². The summed E-state index contributed by atoms with van der Waals surface area (Å²) < 4.78 is 28.1. The summed E-state index contributed by atoms with van der Waals surface area (Å²) in [5.74, 6) is -0.329. The van der Waals surface area contributed by atoms with Crippen LogP contribution in [-0.2, 0) is 13.8 Å². The van der Waals surface area contributed by atoms with Crippen LogP contribution >= 0.6 is 26.6 Å². The van der Waals surface area contributed by atoms with Gasteiger partial charge in [0.2, 0.25) is 0 Å². The molecule has 0 aromatic heterocycles. The Labute approximate surface area is 137 Å². The summed E-state index contributed by atoms with van der Waals surface area (Å²) in [4.78, 5) is 11.9. The number of nitrogens with one attached hydrogen (secondary N) is 1. The van der Waals surface area contributed by atoms with Crippen LogP contribution < -0.4 is 5.32 Å². The normalized spacial score (nSPS) is 11.4. The third kappa shape index (κ3) is 6.78. The summed E-state index contributed by atoms with van der Waals surface area (Å²) in [7, 11) is 3.07. The Morgan fingerprint density at radius 1 is 1.29 bits per heavy atom. The molecule has 0 saturated carbocycles. The lowest BCUT2D eigenvalue weighted by Gasteiger charge is -2.07. The highest BCUT2D eigenvalue weighted by Crippen LogP contribution is 2.22. The molecular formula is C13H17BrClNO4S. The van der Waals surface area contributed by atoms with E-state index in [-0.39, 0.29) is 16.4 Å². The van der Waals surface area contributed by atoms with Gasteiger partial charge in [0.15, 0.2) is 0 Å². The largest absolute Gasteiger partial charge is 0.385 e. The molecule has 0 atom stereocenters. The van der Waals surface area contributed by atoms with E-state index in [4.69, 9.17) is 15.4 Å². The molecule has 0 bridgehead atoms. The van der Waals surface area contributed by atoms with Crippen LogP contribution in [0.3, 0.4) is 0 Å². The lowest BCUT2D eigenvalue weighted by Crippen LogP contribution is -2.24. The molecule has 1 amide bonds. The van der Waals surface area contributed by atoms with Gasteiger partial charge in [-0.3, -0.25) is 4.79 Å². The van der Waals surface area contributed by atoms with Crippen molar-refractivity contribution >= 4 is 41.6 Å². The summed E-state index contributed by atoms with van der Waals surface area (Å²) in [6.07, 6.45) is 2.73. The van der Waals surface area contributed by atoms with Crippen LogP contribution in [0, 0.1) is 0 Å². The molecule has 1 rings (SSSR count). The van der Waals surface area contributed by atoms with Crippen molar-refractivity contribution < 1.29 is 17.9 Å². The van der Waals surface area contributed by atoms with E-state index < -0.39 is 9.05 Å². The van der Waals surface area contributed by atoms with E-state index in [1.54, 1.807) is 13.2 Å². The van der Waals surface area contributed by atoms with Crippen molar-refractivity contribution in [2.45, 2.75) is 24.2 Å². The number of unbranched alkanes of at least 4 members (excludes halogenated alkanes) is 2. The van der Waals surface area contributed by atoms with Gasteiger partial charge in [0.1, 0.15) is 0 Å². The number of hydrogen-bond acceptors (Lipinski definition) is 4. The minimum absolute atomic E-state index is 0.108. The van der Waals surface area contributed by atoms with Crippen molar-refractivity contribution in [3.8, 4) is 0 Å². The number of benzene rings is 1. The zero-order chi connectivity index (χ0) is 15.9. The number of methoxy groups -OCH3 is 1. The highest BCUT2D eigenvalue weighted by molar-refractivity contribution is 9.10. The van der Waals surface area contributed by atoms with Crippen LogP contribution in [0.2, 0.25) is 0 Å². The number of rotatable bonds is 8. The maximum atomic E-state index is 12.0. The summed E-state index contributed by atoms with van der Waals surface area (Å²) in [6, 6.07) is 4.16. The molecule has 1 aromatic carbocycles. The molecule has 0 unspecified atom stereocenters. The fraction of sp³-hybridized carbons (Fsp3) is 0.462. The predicted octanol–water partition coefficient (Wildman–Crippen LogP) is 2.92. The van der Waals surface area contributed by atoms with Gasteiger partial charge in [0.25, 0.3) is 15.0 Å². The van der Waals surface area contributed by atoms with E-state index in [0.717, 1.165) is 19.3 Å². The van der Waals surface area contributed by atoms with E-state index in [0.29, 0.717) is 17.6 Å². The maximum Gasteiger partial charge on any atom is 0.261 e. The fourth-order valence-corrected chi connectivity index (χ4v) is 3.13. The van der Waals surface area contributed by atoms with Gasteiger partial charge in [-0.15, -0.1) is 0 Å². The molecule has 0 aliphatic heterocycles. The number of carbonyl (C=O) groups excluding carboxylic acids is 1. The first kappa shape index (κ1) is 18.4. The van der Waals surface area contributed by atoms with Crippen LogP contribution in [0.25, 0.3) is 0 Å². The first-order valence-electron chi connectivity index (χ1n) is 6.37. The van der Waals surface area contributed by atoms with Crippen LogP contribution in [0.15, 0.2) is 27.6 Å². The van der Waals surface area contributed by atoms with E-state index in [1.807, 2.05) is 0 Å². The monoisotopic (exact) mass is 397 g/mol. The molecule has 0 spiro atoms. The number of ether oxygens (including phenoxy) is 1. The van der Waals surface area contributed by atoms with Crippen LogP contribution in [-0.4, -0.2) is 34.6 Å². The van der Waals surface area contributed by atoms with E-state index in [9.17, 15) is 13.2 Å². The molecule has 0 saturated heterocycles. The van der Waals surface area contributed by atoms with Crippen LogP contribution in [0.4, 0.5) is 0 Å². The molecule has 21 heavy (non-hydrogen) atoms. The molecule has 118 valence electrons. The van der Waals surface area contributed by atoms with Crippen molar-refractivity contribution in [2.24, 2.45) is 0 Å². The van der Waals surface area contributed by atoms with Gasteiger partial charge in [-0.1, -0.05) is 15.9 Å². The minimum atomic E-state index is -3.87. The average Bonchev–Trinajstić information content (AvgIpc) is 2.40. The second kappa shape index (κ2) is 8.73. The Kier molecular flexibility index (Phi) is 7.65. The molecule has 0 fully saturated rings. The second-order valence-corrected chi connectivity index (χ2v) is 7.90. The zero-order valence-corrected chi connectivity index (χ0v) is 14.7. The quantitative estimate of drug-likeness (QED) is 0.540. The van der Waals surface area contributed by atoms with Gasteiger partial charge in [0.05, 0.1) is 4.90 Å². The second-order valence-electron chi connectivity index (χ2n) is 4.42. The first-order valence-corrected chi connectivity index (χ1v) is 9.47. The van der Waals surface area contributed by atoms with Crippen molar-refractivity contribution in [3.05, 3.63) is 28.2 Å². The van der Waals surface area contributed by atoms with Gasteiger partial charge in [-0.2, -0.15) is 0 Å². The molecule has 0 aliphatic rings. The first-order chi connectivity index (χ1) is 9.84. The third-order valence-electron chi connectivity index (χ3n) is 2.73. The molecular weight excluding hydrogens is 382 g/mol. The Bertz CT molecular complexity index is 592. The average molecular weight is 399 g/mol. The summed E-state index contributed by atoms with van der Waals surface area (Å²) in [6.45, 7) is 1.23. The van der Waals surface area contributed by atoms with Crippen LogP contribution in [0.5, 0.6) is 0 Å². The lowest BCUT2D eigenvalue weighted by molar-refractivity contribution is 0.0952. The van der Waals surface area contributed by atoms with Crippen molar-refractivity contribution in [1.29, 1.82) is 0 Å². The molecule has 1 aromatic rings. The fourth-order valence-electron chi connectivity index (χ4n) is 1.69. The van der Waals surface area contributed by atoms with Gasteiger partial charge in [0, 0.05) is 41.0 Å². The number of amides is 1. The Balaban J connectivity index is 2.60. The summed E-state index contributed by atoms with van der Waals surface area (Å²) in [5, 5.41) is 2.74. The predicted molar refractivity (Wildman–Crippen MR) is 85.2 cm³/mol. The van der Waals surface area contributed by atoms with E-state index in [1.165, 1.54) is 12.1 Å². The highest BCUT2D eigenvalue weighted by atomic mass is 79.9. The van der Waals surface area contributed by atoms with Crippen molar-refractivity contribution in [1.82, 2.24) is 5.32 Å². The standard InChI is InChI=1S/C13H17BrClNO4S/c1-20-6-4-2-3-5-16-13(17)10-7-11(14)9-12(8-10)21(15,18)19/h7-9H,2-6H2,1H3,(H,16,17). The van der Waals surface area contributed by atoms with E-state index in [2.05, 4.69) is 21.2 Å². The number of carbonyl (C=O) groups is 1. The highest BCUT2D eigenvalue weighted by Gasteiger charge is 2.15. The summed E-state index contributed by atoms with van der Waals surface area (Å²) in [5.41, 5.74) is 0.250. The Morgan fingerprint density at radius 2 is 2.00 bits per heavy atom. The third-order valence-corrected chi connectivity index (χ3v) is 4.52. The SMILES string of the molecule is COCCCCCNC(=O)c1cc(Br)cc(S(=O)(=O)Cl)c1. The number of halogens is 2. The Hall–Kier alpha value is -0.630. The zero-order valence-electron chi connectivity index (χ0n) is 11.6. The molecule has 1 N–H and O–H groups in total. The number of hydrogen-bond donors (Lipinski definition) is 1. The minimum Gasteiger partial charge on any atom is -0.385 e. The molecule has 0 aliphatic carbocycles. The van der Waals surface area contributed by atoms with Crippen molar-refractivity contribution in [3.63, 3.8) is 0 Å². The molecule has 0 heterocycles. The van der Waals surface area contributed by atoms with E-state index >= 15 is 0 Å². The van der Waals surface area contributed by atoms with Gasteiger partial charge < -0.3 is 10.1 Å². The van der Waals surface area contributed by atoms with Gasteiger partial charge in [-0.05, 0) is 37.5 Å². The van der Waals surface area contributed by atoms with Gasteiger partial charge in [-0.25, -0.2) is 8.42 Å². The summed E-state index contributed by atoms with van der Waals surface area (Å²) >= 11 is 3.17. The lowest BCUT2D eigenvalue weighted by atomic mass is 10.2. The smallest absolute Gasteiger partial charge is 0.261 e. The molecule has 5 nitrogen and oxygen atoms in total. The van der Waals surface area contributed by atoms with Crippen molar-refractivity contribution in [2.75, 3.05) is 20.3 Å². The molecule has 8 heteroatoms. The van der Waals surface area contributed by atoms with Gasteiger partial charge >= 0.3 is 0 Å². The Morgan fingerprint density at radius 3 is 2.62 bits per heavy atom. The van der Waals surface area contributed by atoms with Crippen LogP contribution in [0.1, 0.15) is 29.6 Å².